The molecular formula is C17H17BrN2O. The minimum atomic E-state index is -0.205. The summed E-state index contributed by atoms with van der Waals surface area (Å²) in [6.07, 6.45) is -0.205. The molecule has 1 unspecified atom stereocenters. The number of halogens is 1. The molecule has 0 heterocycles. The zero-order chi connectivity index (χ0) is 15.4. The maximum absolute atomic E-state index is 8.99. The summed E-state index contributed by atoms with van der Waals surface area (Å²) in [5.41, 5.74) is 9.43. The van der Waals surface area contributed by atoms with Gasteiger partial charge in [-0.2, -0.15) is 5.26 Å². The molecule has 0 spiro atoms. The third-order valence-electron chi connectivity index (χ3n) is 3.31. The molecule has 3 nitrogen and oxygen atoms in total. The number of rotatable bonds is 4. The first-order valence-corrected chi connectivity index (χ1v) is 7.48. The van der Waals surface area contributed by atoms with Crippen LogP contribution in [0, 0.1) is 25.2 Å². The van der Waals surface area contributed by atoms with Crippen LogP contribution in [0.4, 0.5) is 0 Å². The van der Waals surface area contributed by atoms with E-state index in [1.807, 2.05) is 50.2 Å². The number of hydrogen-bond acceptors (Lipinski definition) is 3. The SMILES string of the molecule is Cc1cc(C#N)cc(C)c1OC(CN)c1ccc(Br)cc1. The molecular weight excluding hydrogens is 328 g/mol. The van der Waals surface area contributed by atoms with Gasteiger partial charge in [0.1, 0.15) is 11.9 Å². The number of nitriles is 1. The number of hydrogen-bond donors (Lipinski definition) is 1. The Morgan fingerprint density at radius 1 is 1.19 bits per heavy atom. The molecule has 0 aliphatic heterocycles. The van der Waals surface area contributed by atoms with E-state index in [0.29, 0.717) is 12.1 Å². The lowest BCUT2D eigenvalue weighted by Crippen LogP contribution is -2.19. The van der Waals surface area contributed by atoms with Crippen molar-refractivity contribution in [2.75, 3.05) is 6.54 Å². The molecule has 0 radical (unpaired) electrons. The molecule has 0 saturated heterocycles. The fraction of sp³-hybridized carbons (Fsp3) is 0.235. The Morgan fingerprint density at radius 3 is 2.24 bits per heavy atom. The standard InChI is InChI=1S/C17H17BrN2O/c1-11-7-13(9-19)8-12(2)17(11)21-16(10-20)14-3-5-15(18)6-4-14/h3-8,16H,10,20H2,1-2H3. The van der Waals surface area contributed by atoms with Crippen LogP contribution in [-0.4, -0.2) is 6.54 Å². The van der Waals surface area contributed by atoms with Crippen molar-refractivity contribution in [2.24, 2.45) is 5.73 Å². The molecule has 2 aromatic carbocycles. The summed E-state index contributed by atoms with van der Waals surface area (Å²) in [5.74, 6) is 0.798. The Bertz CT molecular complexity index is 651. The van der Waals surface area contributed by atoms with Gasteiger partial charge in [-0.3, -0.25) is 0 Å². The van der Waals surface area contributed by atoms with Gasteiger partial charge in [0.2, 0.25) is 0 Å². The molecule has 2 aromatic rings. The highest BCUT2D eigenvalue weighted by Crippen LogP contribution is 2.29. The molecule has 2 rings (SSSR count). The second kappa shape index (κ2) is 6.75. The summed E-state index contributed by atoms with van der Waals surface area (Å²) in [4.78, 5) is 0. The van der Waals surface area contributed by atoms with E-state index in [-0.39, 0.29) is 6.10 Å². The summed E-state index contributed by atoms with van der Waals surface area (Å²) in [7, 11) is 0. The lowest BCUT2D eigenvalue weighted by Gasteiger charge is -2.21. The van der Waals surface area contributed by atoms with Crippen molar-refractivity contribution in [3.8, 4) is 11.8 Å². The smallest absolute Gasteiger partial charge is 0.136 e. The van der Waals surface area contributed by atoms with E-state index < -0.39 is 0 Å². The summed E-state index contributed by atoms with van der Waals surface area (Å²) >= 11 is 3.42. The van der Waals surface area contributed by atoms with Gasteiger partial charge in [-0.25, -0.2) is 0 Å². The van der Waals surface area contributed by atoms with Crippen LogP contribution >= 0.6 is 15.9 Å². The predicted octanol–water partition coefficient (Wildman–Crippen LogP) is 4.02. The maximum atomic E-state index is 8.99. The molecule has 0 aromatic heterocycles. The van der Waals surface area contributed by atoms with Gasteiger partial charge in [-0.05, 0) is 54.8 Å². The zero-order valence-corrected chi connectivity index (χ0v) is 13.6. The largest absolute Gasteiger partial charge is 0.484 e. The second-order valence-corrected chi connectivity index (χ2v) is 5.86. The Labute approximate surface area is 133 Å². The van der Waals surface area contributed by atoms with Crippen molar-refractivity contribution in [1.82, 2.24) is 0 Å². The molecule has 0 bridgehead atoms. The fourth-order valence-corrected chi connectivity index (χ4v) is 2.54. The molecule has 4 heteroatoms. The Morgan fingerprint density at radius 2 is 1.76 bits per heavy atom. The average molecular weight is 345 g/mol. The number of nitrogens with two attached hydrogens (primary N) is 1. The minimum Gasteiger partial charge on any atom is -0.484 e. The molecule has 0 fully saturated rings. The van der Waals surface area contributed by atoms with Crippen molar-refractivity contribution in [3.63, 3.8) is 0 Å². The summed E-state index contributed by atoms with van der Waals surface area (Å²) in [6.45, 7) is 4.27. The quantitative estimate of drug-likeness (QED) is 0.911. The van der Waals surface area contributed by atoms with Crippen LogP contribution in [0.5, 0.6) is 5.75 Å². The highest BCUT2D eigenvalue weighted by Gasteiger charge is 2.15. The van der Waals surface area contributed by atoms with E-state index in [2.05, 4.69) is 22.0 Å². The monoisotopic (exact) mass is 344 g/mol. The van der Waals surface area contributed by atoms with Crippen LogP contribution < -0.4 is 10.5 Å². The van der Waals surface area contributed by atoms with E-state index in [4.69, 9.17) is 15.7 Å². The van der Waals surface area contributed by atoms with E-state index in [0.717, 1.165) is 26.9 Å². The number of ether oxygens (including phenoxy) is 1. The van der Waals surface area contributed by atoms with Gasteiger partial charge in [0.15, 0.2) is 0 Å². The van der Waals surface area contributed by atoms with E-state index >= 15 is 0 Å². The first-order chi connectivity index (χ1) is 10.0. The molecule has 0 aliphatic rings. The number of aryl methyl sites for hydroxylation is 2. The van der Waals surface area contributed by atoms with E-state index in [1.54, 1.807) is 0 Å². The lowest BCUT2D eigenvalue weighted by molar-refractivity contribution is 0.211. The van der Waals surface area contributed by atoms with Gasteiger partial charge in [-0.15, -0.1) is 0 Å². The molecule has 0 amide bonds. The zero-order valence-electron chi connectivity index (χ0n) is 12.1. The van der Waals surface area contributed by atoms with Crippen molar-refractivity contribution in [2.45, 2.75) is 20.0 Å². The van der Waals surface area contributed by atoms with Crippen LogP contribution in [0.3, 0.4) is 0 Å². The minimum absolute atomic E-state index is 0.205. The topological polar surface area (TPSA) is 59.0 Å². The van der Waals surface area contributed by atoms with Crippen molar-refractivity contribution >= 4 is 15.9 Å². The third-order valence-corrected chi connectivity index (χ3v) is 3.83. The van der Waals surface area contributed by atoms with Crippen LogP contribution in [0.2, 0.25) is 0 Å². The molecule has 21 heavy (non-hydrogen) atoms. The van der Waals surface area contributed by atoms with E-state index in [9.17, 15) is 0 Å². The van der Waals surface area contributed by atoms with Crippen LogP contribution in [0.1, 0.15) is 28.4 Å². The highest BCUT2D eigenvalue weighted by atomic mass is 79.9. The van der Waals surface area contributed by atoms with Crippen LogP contribution in [0.25, 0.3) is 0 Å². The number of nitrogens with zero attached hydrogens (tertiary/aromatic N) is 1. The van der Waals surface area contributed by atoms with Crippen LogP contribution in [-0.2, 0) is 0 Å². The molecule has 2 N–H and O–H groups in total. The fourth-order valence-electron chi connectivity index (χ4n) is 2.27. The lowest BCUT2D eigenvalue weighted by atomic mass is 10.1. The number of benzene rings is 2. The average Bonchev–Trinajstić information content (AvgIpc) is 2.48. The third kappa shape index (κ3) is 3.63. The Kier molecular flexibility index (Phi) is 5.00. The molecule has 0 saturated carbocycles. The van der Waals surface area contributed by atoms with Crippen molar-refractivity contribution in [1.29, 1.82) is 5.26 Å². The summed E-state index contributed by atoms with van der Waals surface area (Å²) < 4.78 is 7.12. The maximum Gasteiger partial charge on any atom is 0.136 e. The summed E-state index contributed by atoms with van der Waals surface area (Å²) in [5, 5.41) is 8.99. The van der Waals surface area contributed by atoms with Gasteiger partial charge in [0.25, 0.3) is 0 Å². The summed E-state index contributed by atoms with van der Waals surface area (Å²) in [6, 6.07) is 13.8. The van der Waals surface area contributed by atoms with Gasteiger partial charge in [0.05, 0.1) is 11.6 Å². The van der Waals surface area contributed by atoms with Gasteiger partial charge < -0.3 is 10.5 Å². The van der Waals surface area contributed by atoms with Crippen molar-refractivity contribution < 1.29 is 4.74 Å². The highest BCUT2D eigenvalue weighted by molar-refractivity contribution is 9.10. The van der Waals surface area contributed by atoms with Gasteiger partial charge >= 0.3 is 0 Å². The molecule has 0 aliphatic carbocycles. The normalized spacial score (nSPS) is 11.8. The Balaban J connectivity index is 2.31. The van der Waals surface area contributed by atoms with E-state index in [1.165, 1.54) is 0 Å². The Hall–Kier alpha value is -1.83. The molecule has 108 valence electrons. The first kappa shape index (κ1) is 15.6. The van der Waals surface area contributed by atoms with Gasteiger partial charge in [-0.1, -0.05) is 28.1 Å². The molecule has 1 atom stereocenters. The van der Waals surface area contributed by atoms with Gasteiger partial charge in [0, 0.05) is 11.0 Å². The second-order valence-electron chi connectivity index (χ2n) is 4.94. The van der Waals surface area contributed by atoms with Crippen molar-refractivity contribution in [3.05, 3.63) is 63.1 Å². The van der Waals surface area contributed by atoms with Crippen LogP contribution in [0.15, 0.2) is 40.9 Å². The first-order valence-electron chi connectivity index (χ1n) is 6.68. The predicted molar refractivity (Wildman–Crippen MR) is 87.2 cm³/mol.